The third kappa shape index (κ3) is 4.78. The minimum Gasteiger partial charge on any atom is -0.379 e. The molecular formula is C18H20BrN3O3. The van der Waals surface area contributed by atoms with Crippen LogP contribution < -0.4 is 5.32 Å². The van der Waals surface area contributed by atoms with Gasteiger partial charge in [-0.2, -0.15) is 0 Å². The zero-order valence-electron chi connectivity index (χ0n) is 13.8. The van der Waals surface area contributed by atoms with Crippen molar-refractivity contribution in [1.82, 2.24) is 4.90 Å². The van der Waals surface area contributed by atoms with Crippen molar-refractivity contribution in [2.24, 2.45) is 0 Å². The number of nitrogens with zero attached hydrogens (tertiary/aromatic N) is 2. The first kappa shape index (κ1) is 17.8. The Bertz CT molecular complexity index is 748. The van der Waals surface area contributed by atoms with Crippen molar-refractivity contribution in [3.8, 4) is 0 Å². The summed E-state index contributed by atoms with van der Waals surface area (Å²) in [5.41, 5.74) is 2.97. The lowest BCUT2D eigenvalue weighted by molar-refractivity contribution is -0.384. The molecule has 0 aliphatic carbocycles. The smallest absolute Gasteiger partial charge is 0.293 e. The van der Waals surface area contributed by atoms with Crippen LogP contribution in [0.3, 0.4) is 0 Å². The van der Waals surface area contributed by atoms with Gasteiger partial charge in [-0.25, -0.2) is 0 Å². The van der Waals surface area contributed by atoms with E-state index in [1.165, 1.54) is 11.6 Å². The number of nitro groups is 1. The molecule has 132 valence electrons. The molecule has 25 heavy (non-hydrogen) atoms. The zero-order valence-corrected chi connectivity index (χ0v) is 15.4. The summed E-state index contributed by atoms with van der Waals surface area (Å²) in [4.78, 5) is 13.2. The van der Waals surface area contributed by atoms with E-state index >= 15 is 0 Å². The average Bonchev–Trinajstić information content (AvgIpc) is 2.62. The largest absolute Gasteiger partial charge is 0.379 e. The van der Waals surface area contributed by atoms with Gasteiger partial charge in [-0.15, -0.1) is 0 Å². The second kappa shape index (κ2) is 8.42. The van der Waals surface area contributed by atoms with E-state index in [4.69, 9.17) is 4.74 Å². The second-order valence-corrected chi connectivity index (χ2v) is 6.85. The molecule has 0 spiro atoms. The van der Waals surface area contributed by atoms with Gasteiger partial charge in [0.1, 0.15) is 5.69 Å². The fourth-order valence-corrected chi connectivity index (χ4v) is 3.23. The monoisotopic (exact) mass is 405 g/mol. The number of morpholine rings is 1. The molecular weight excluding hydrogens is 386 g/mol. The summed E-state index contributed by atoms with van der Waals surface area (Å²) in [6, 6.07) is 13.2. The molecule has 1 fully saturated rings. The van der Waals surface area contributed by atoms with Crippen LogP contribution in [0.4, 0.5) is 11.4 Å². The number of nitro benzene ring substituents is 1. The highest BCUT2D eigenvalue weighted by atomic mass is 79.9. The molecule has 1 saturated heterocycles. The third-order valence-corrected chi connectivity index (χ3v) is 4.74. The maximum absolute atomic E-state index is 11.2. The van der Waals surface area contributed by atoms with Gasteiger partial charge < -0.3 is 10.1 Å². The molecule has 6 nitrogen and oxygen atoms in total. The first-order chi connectivity index (χ1) is 12.1. The molecule has 0 saturated carbocycles. The van der Waals surface area contributed by atoms with Crippen LogP contribution in [0.1, 0.15) is 11.1 Å². The normalized spacial score (nSPS) is 15.1. The summed E-state index contributed by atoms with van der Waals surface area (Å²) in [6.45, 7) is 4.81. The zero-order chi connectivity index (χ0) is 17.6. The highest BCUT2D eigenvalue weighted by Gasteiger charge is 2.15. The van der Waals surface area contributed by atoms with Gasteiger partial charge in [-0.3, -0.25) is 15.0 Å². The van der Waals surface area contributed by atoms with Gasteiger partial charge in [0, 0.05) is 36.7 Å². The number of benzene rings is 2. The Kier molecular flexibility index (Phi) is 6.01. The van der Waals surface area contributed by atoms with Crippen LogP contribution in [0, 0.1) is 10.1 Å². The lowest BCUT2D eigenvalue weighted by Gasteiger charge is -2.27. The van der Waals surface area contributed by atoms with E-state index in [9.17, 15) is 10.1 Å². The molecule has 1 N–H and O–H groups in total. The van der Waals surface area contributed by atoms with Crippen LogP contribution in [0.2, 0.25) is 0 Å². The third-order valence-electron chi connectivity index (χ3n) is 4.24. The van der Waals surface area contributed by atoms with E-state index in [2.05, 4.69) is 38.3 Å². The van der Waals surface area contributed by atoms with Crippen LogP contribution in [0.15, 0.2) is 46.9 Å². The summed E-state index contributed by atoms with van der Waals surface area (Å²) in [7, 11) is 0. The van der Waals surface area contributed by atoms with Crippen LogP contribution in [-0.2, 0) is 17.8 Å². The Morgan fingerprint density at radius 2 is 1.88 bits per heavy atom. The highest BCUT2D eigenvalue weighted by molar-refractivity contribution is 9.10. The predicted molar refractivity (Wildman–Crippen MR) is 101 cm³/mol. The van der Waals surface area contributed by atoms with Gasteiger partial charge in [0.2, 0.25) is 0 Å². The fourth-order valence-electron chi connectivity index (χ4n) is 2.88. The van der Waals surface area contributed by atoms with Gasteiger partial charge in [-0.05, 0) is 23.3 Å². The maximum atomic E-state index is 11.2. The van der Waals surface area contributed by atoms with Crippen molar-refractivity contribution in [1.29, 1.82) is 0 Å². The Labute approximate surface area is 155 Å². The molecule has 0 bridgehead atoms. The summed E-state index contributed by atoms with van der Waals surface area (Å²) in [6.07, 6.45) is 0. The lowest BCUT2D eigenvalue weighted by atomic mass is 10.1. The minimum atomic E-state index is -0.368. The van der Waals surface area contributed by atoms with Crippen LogP contribution in [0.5, 0.6) is 0 Å². The van der Waals surface area contributed by atoms with Crippen molar-refractivity contribution in [3.63, 3.8) is 0 Å². The first-order valence-electron chi connectivity index (χ1n) is 8.18. The molecule has 0 radical (unpaired) electrons. The second-order valence-electron chi connectivity index (χ2n) is 5.93. The van der Waals surface area contributed by atoms with Crippen molar-refractivity contribution in [2.45, 2.75) is 13.1 Å². The molecule has 0 amide bonds. The molecule has 1 aliphatic heterocycles. The van der Waals surface area contributed by atoms with Gasteiger partial charge in [0.15, 0.2) is 0 Å². The SMILES string of the molecule is O=[N+]([O-])c1cc(Br)ccc1NCc1ccccc1CN1CCOCC1. The van der Waals surface area contributed by atoms with E-state index in [1.807, 2.05) is 12.1 Å². The van der Waals surface area contributed by atoms with Crippen molar-refractivity contribution in [2.75, 3.05) is 31.6 Å². The van der Waals surface area contributed by atoms with E-state index < -0.39 is 0 Å². The molecule has 0 aromatic heterocycles. The molecule has 1 heterocycles. The number of nitrogens with one attached hydrogen (secondary N) is 1. The van der Waals surface area contributed by atoms with Crippen molar-refractivity contribution in [3.05, 3.63) is 68.2 Å². The summed E-state index contributed by atoms with van der Waals surface area (Å²) >= 11 is 3.28. The van der Waals surface area contributed by atoms with E-state index in [-0.39, 0.29) is 10.6 Å². The Balaban J connectivity index is 1.72. The molecule has 3 rings (SSSR count). The van der Waals surface area contributed by atoms with Crippen LogP contribution >= 0.6 is 15.9 Å². The Morgan fingerprint density at radius 3 is 2.60 bits per heavy atom. The van der Waals surface area contributed by atoms with Gasteiger partial charge in [0.25, 0.3) is 5.69 Å². The first-order valence-corrected chi connectivity index (χ1v) is 8.97. The number of hydrogen-bond acceptors (Lipinski definition) is 5. The lowest BCUT2D eigenvalue weighted by Crippen LogP contribution is -2.35. The Morgan fingerprint density at radius 1 is 1.16 bits per heavy atom. The molecule has 2 aromatic rings. The highest BCUT2D eigenvalue weighted by Crippen LogP contribution is 2.28. The van der Waals surface area contributed by atoms with Gasteiger partial charge >= 0.3 is 0 Å². The van der Waals surface area contributed by atoms with Crippen molar-refractivity contribution < 1.29 is 9.66 Å². The topological polar surface area (TPSA) is 67.6 Å². The van der Waals surface area contributed by atoms with Crippen LogP contribution in [0.25, 0.3) is 0 Å². The number of halogens is 1. The Hall–Kier alpha value is -1.96. The van der Waals surface area contributed by atoms with Crippen LogP contribution in [-0.4, -0.2) is 36.1 Å². The summed E-state index contributed by atoms with van der Waals surface area (Å²) in [5, 5.41) is 14.5. The van der Waals surface area contributed by atoms with Gasteiger partial charge in [0.05, 0.1) is 18.1 Å². The number of ether oxygens (including phenoxy) is 1. The van der Waals surface area contributed by atoms with E-state index in [0.29, 0.717) is 16.7 Å². The molecule has 1 aliphatic rings. The quantitative estimate of drug-likeness (QED) is 0.584. The van der Waals surface area contributed by atoms with Crippen molar-refractivity contribution >= 4 is 27.3 Å². The van der Waals surface area contributed by atoms with E-state index in [0.717, 1.165) is 38.4 Å². The summed E-state index contributed by atoms with van der Waals surface area (Å²) < 4.78 is 6.09. The molecule has 0 atom stereocenters. The number of anilines is 1. The molecule has 2 aromatic carbocycles. The van der Waals surface area contributed by atoms with Gasteiger partial charge in [-0.1, -0.05) is 40.2 Å². The molecule has 7 heteroatoms. The number of hydrogen-bond donors (Lipinski definition) is 1. The van der Waals surface area contributed by atoms with E-state index in [1.54, 1.807) is 12.1 Å². The fraction of sp³-hybridized carbons (Fsp3) is 0.333. The molecule has 0 unspecified atom stereocenters. The maximum Gasteiger partial charge on any atom is 0.293 e. The average molecular weight is 406 g/mol. The predicted octanol–water partition coefficient (Wildman–Crippen LogP) is 3.80. The summed E-state index contributed by atoms with van der Waals surface area (Å²) in [5.74, 6) is 0. The number of rotatable bonds is 6. The minimum absolute atomic E-state index is 0.0695. The standard InChI is InChI=1S/C18H20BrN3O3/c19-16-5-6-17(18(11-16)22(23)24)20-12-14-3-1-2-4-15(14)13-21-7-9-25-10-8-21/h1-6,11,20H,7-10,12-13H2.